The summed E-state index contributed by atoms with van der Waals surface area (Å²) in [6, 6.07) is 0.438. The summed E-state index contributed by atoms with van der Waals surface area (Å²) in [7, 11) is -4.13. The average molecular weight is 461 g/mol. The largest absolute Gasteiger partial charge is 0.467 e. The van der Waals surface area contributed by atoms with Crippen LogP contribution in [0.3, 0.4) is 0 Å². The third kappa shape index (κ3) is 6.94. The number of nitrogens with two attached hydrogens (primary N) is 1. The number of amides is 2. The number of amidine groups is 2. The van der Waals surface area contributed by atoms with Crippen LogP contribution in [-0.4, -0.2) is 39.6 Å². The first kappa shape index (κ1) is 24.7. The van der Waals surface area contributed by atoms with Crippen LogP contribution in [0.5, 0.6) is 0 Å². The van der Waals surface area contributed by atoms with E-state index in [0.29, 0.717) is 12.1 Å². The lowest BCUT2D eigenvalue weighted by Crippen LogP contribution is -2.39. The van der Waals surface area contributed by atoms with Gasteiger partial charge in [-0.3, -0.25) is 5.32 Å². The fraction of sp³-hybridized carbons (Fsp3) is 0.214. The van der Waals surface area contributed by atoms with Crippen LogP contribution in [0.25, 0.3) is 0 Å². The van der Waals surface area contributed by atoms with E-state index in [4.69, 9.17) is 0 Å². The minimum absolute atomic E-state index is 0.490. The molecule has 30 heavy (non-hydrogen) atoms. The number of alkyl halides is 6. The van der Waals surface area contributed by atoms with E-state index in [1.165, 1.54) is 4.72 Å². The molecule has 0 bridgehead atoms. The van der Waals surface area contributed by atoms with Gasteiger partial charge in [0.2, 0.25) is 5.84 Å². The second-order valence-corrected chi connectivity index (χ2v) is 6.74. The van der Waals surface area contributed by atoms with Crippen molar-refractivity contribution in [2.75, 3.05) is 7.11 Å². The van der Waals surface area contributed by atoms with Crippen LogP contribution in [0, 0.1) is 0 Å². The molecule has 0 saturated heterocycles. The summed E-state index contributed by atoms with van der Waals surface area (Å²) in [4.78, 5) is 16.6. The van der Waals surface area contributed by atoms with Crippen LogP contribution in [0.2, 0.25) is 0 Å². The summed E-state index contributed by atoms with van der Waals surface area (Å²) >= 11 is 0. The van der Waals surface area contributed by atoms with Gasteiger partial charge in [0.05, 0.1) is 17.6 Å². The van der Waals surface area contributed by atoms with Gasteiger partial charge in [0.15, 0.2) is 0 Å². The van der Waals surface area contributed by atoms with Crippen molar-refractivity contribution in [2.45, 2.75) is 17.2 Å². The van der Waals surface area contributed by atoms with Crippen LogP contribution < -0.4 is 15.8 Å². The van der Waals surface area contributed by atoms with Crippen molar-refractivity contribution in [1.82, 2.24) is 10.0 Å². The normalized spacial score (nSPS) is 13.6. The highest BCUT2D eigenvalue weighted by Crippen LogP contribution is 2.33. The maximum atomic E-state index is 13.0. The zero-order chi connectivity index (χ0) is 23.3. The molecule has 0 radical (unpaired) electrons. The van der Waals surface area contributed by atoms with Gasteiger partial charge in [-0.05, 0) is 12.1 Å². The fourth-order valence-electron chi connectivity index (χ4n) is 1.69. The number of hydrogen-bond acceptors (Lipinski definition) is 5. The molecule has 166 valence electrons. The minimum atomic E-state index is -5.03. The molecule has 2 amide bonds. The van der Waals surface area contributed by atoms with Gasteiger partial charge in [-0.15, -0.1) is 0 Å². The van der Waals surface area contributed by atoms with Crippen molar-refractivity contribution in [2.24, 2.45) is 15.7 Å². The van der Waals surface area contributed by atoms with Crippen LogP contribution in [-0.2, 0) is 20.9 Å². The van der Waals surface area contributed by atoms with Crippen LogP contribution in [0.15, 0.2) is 51.5 Å². The summed E-state index contributed by atoms with van der Waals surface area (Å²) in [5.74, 6) is -2.60. The molecule has 0 aromatic heterocycles. The predicted octanol–water partition coefficient (Wildman–Crippen LogP) is 2.09. The molecule has 1 aromatic rings. The van der Waals surface area contributed by atoms with Gasteiger partial charge in [-0.1, -0.05) is 18.7 Å². The van der Waals surface area contributed by atoms with E-state index in [0.717, 1.165) is 19.2 Å². The maximum absolute atomic E-state index is 13.0. The average Bonchev–Trinajstić information content (AvgIpc) is 2.58. The Balaban J connectivity index is 3.01. The number of carbonyl (C=O) groups excluding carboxylic acids is 1. The summed E-state index contributed by atoms with van der Waals surface area (Å²) in [6.45, 7) is 3.11. The molecule has 0 unspecified atom stereocenters. The molecule has 0 aliphatic carbocycles. The Hall–Kier alpha value is -3.30. The minimum Gasteiger partial charge on any atom is -0.467 e. The molecule has 0 saturated carbocycles. The molecule has 1 aromatic carbocycles. The fourth-order valence-corrected chi connectivity index (χ4v) is 2.83. The van der Waals surface area contributed by atoms with Crippen molar-refractivity contribution in [3.05, 3.63) is 42.2 Å². The Morgan fingerprint density at radius 1 is 1.13 bits per heavy atom. The van der Waals surface area contributed by atoms with Gasteiger partial charge < -0.3 is 10.5 Å². The second kappa shape index (κ2) is 9.02. The first-order chi connectivity index (χ1) is 13.6. The highest BCUT2D eigenvalue weighted by Gasteiger charge is 2.37. The highest BCUT2D eigenvalue weighted by atomic mass is 32.2. The van der Waals surface area contributed by atoms with E-state index in [-0.39, 0.29) is 0 Å². The molecule has 9 nitrogen and oxygen atoms in total. The van der Waals surface area contributed by atoms with Gasteiger partial charge in [0.25, 0.3) is 10.0 Å². The molecule has 0 atom stereocenters. The summed E-state index contributed by atoms with van der Waals surface area (Å²) in [5.41, 5.74) is 3.14. The SMILES string of the molecule is C=C(N=C(N=C(N)C(F)(F)F)OC)NC(=O)NS(=O)(=O)c1ccccc1C(F)(F)F. The number of carbonyl (C=O) groups is 1. The first-order valence-corrected chi connectivity index (χ1v) is 8.79. The molecular formula is C14H13F6N5O4S. The summed E-state index contributed by atoms with van der Waals surface area (Å²) < 4.78 is 106. The topological polar surface area (TPSA) is 135 Å². The van der Waals surface area contributed by atoms with Crippen molar-refractivity contribution < 1.29 is 44.3 Å². The number of rotatable bonds is 4. The molecular weight excluding hydrogens is 448 g/mol. The van der Waals surface area contributed by atoms with Crippen LogP contribution >= 0.6 is 0 Å². The second-order valence-electron chi connectivity index (χ2n) is 5.09. The third-order valence-electron chi connectivity index (χ3n) is 2.89. The van der Waals surface area contributed by atoms with Crippen molar-refractivity contribution >= 4 is 27.9 Å². The number of halogens is 6. The highest BCUT2D eigenvalue weighted by molar-refractivity contribution is 7.90. The maximum Gasteiger partial charge on any atom is 0.449 e. The Bertz CT molecular complexity index is 985. The zero-order valence-electron chi connectivity index (χ0n) is 14.8. The number of ether oxygens (including phenoxy) is 1. The summed E-state index contributed by atoms with van der Waals surface area (Å²) in [5, 5.41) is 1.68. The molecule has 0 heterocycles. The van der Waals surface area contributed by atoms with Gasteiger partial charge in [0.1, 0.15) is 5.82 Å². The quantitative estimate of drug-likeness (QED) is 0.359. The zero-order valence-corrected chi connectivity index (χ0v) is 15.6. The lowest BCUT2D eigenvalue weighted by molar-refractivity contribution is -0.139. The van der Waals surface area contributed by atoms with Gasteiger partial charge >= 0.3 is 24.4 Å². The number of nitrogens with one attached hydrogen (secondary N) is 2. The van der Waals surface area contributed by atoms with Crippen LogP contribution in [0.1, 0.15) is 5.56 Å². The molecule has 4 N–H and O–H groups in total. The predicted molar refractivity (Wildman–Crippen MR) is 91.6 cm³/mol. The van der Waals surface area contributed by atoms with Crippen molar-refractivity contribution in [3.8, 4) is 0 Å². The first-order valence-electron chi connectivity index (χ1n) is 7.31. The van der Waals surface area contributed by atoms with E-state index >= 15 is 0 Å². The smallest absolute Gasteiger partial charge is 0.449 e. The van der Waals surface area contributed by atoms with Crippen molar-refractivity contribution in [3.63, 3.8) is 0 Å². The van der Waals surface area contributed by atoms with Crippen molar-refractivity contribution in [1.29, 1.82) is 0 Å². The number of urea groups is 1. The number of sulfonamides is 1. The molecule has 0 aliphatic rings. The van der Waals surface area contributed by atoms with Crippen LogP contribution in [0.4, 0.5) is 31.1 Å². The molecule has 0 spiro atoms. The Morgan fingerprint density at radius 3 is 2.20 bits per heavy atom. The van der Waals surface area contributed by atoms with E-state index in [1.54, 1.807) is 5.32 Å². The Labute approximate surface area is 165 Å². The molecule has 1 rings (SSSR count). The molecule has 16 heteroatoms. The van der Waals surface area contributed by atoms with Gasteiger partial charge in [-0.2, -0.15) is 36.3 Å². The summed E-state index contributed by atoms with van der Waals surface area (Å²) in [6.07, 6.45) is -10.0. The lowest BCUT2D eigenvalue weighted by atomic mass is 10.2. The van der Waals surface area contributed by atoms with E-state index < -0.39 is 56.5 Å². The van der Waals surface area contributed by atoms with Gasteiger partial charge in [0, 0.05) is 0 Å². The van der Waals surface area contributed by atoms with E-state index in [2.05, 4.69) is 27.0 Å². The Kier molecular flexibility index (Phi) is 7.44. The molecule has 0 aliphatic heterocycles. The third-order valence-corrected chi connectivity index (χ3v) is 4.28. The number of methoxy groups -OCH3 is 1. The number of nitrogens with zero attached hydrogens (tertiary/aromatic N) is 2. The lowest BCUT2D eigenvalue weighted by Gasteiger charge is -2.14. The molecule has 0 fully saturated rings. The van der Waals surface area contributed by atoms with E-state index in [1.807, 2.05) is 0 Å². The Morgan fingerprint density at radius 2 is 1.70 bits per heavy atom. The number of hydrogen-bond donors (Lipinski definition) is 3. The van der Waals surface area contributed by atoms with E-state index in [9.17, 15) is 39.6 Å². The van der Waals surface area contributed by atoms with Gasteiger partial charge in [-0.25, -0.2) is 17.9 Å². The standard InChI is InChI=1S/C14H13F6N5O4S/c1-7(23-12(29-2)24-10(21)14(18,19)20)22-11(26)25-30(27,28)9-6-4-3-5-8(9)13(15,16)17/h3-6H,1H2,2H3,(H2,21,23,24)(H2,22,25,26). The monoisotopic (exact) mass is 461 g/mol. The number of benzene rings is 1. The number of aliphatic imine (C=N–C) groups is 2.